The van der Waals surface area contributed by atoms with E-state index in [1.54, 1.807) is 23.3 Å². The Morgan fingerprint density at radius 3 is 2.62 bits per heavy atom. The Morgan fingerprint density at radius 2 is 1.96 bits per heavy atom. The second kappa shape index (κ2) is 7.15. The van der Waals surface area contributed by atoms with E-state index in [0.717, 1.165) is 17.4 Å². The minimum atomic E-state index is -0.259. The molecule has 1 heterocycles. The first kappa shape index (κ1) is 16.0. The van der Waals surface area contributed by atoms with Gasteiger partial charge < -0.3 is 9.94 Å². The standard InChI is InChI=1S/C20H19NO3/c1-2-7-19-18(14-22)20(16-9-4-3-5-10-16)24-21(19)13-15-8-6-11-17(23)12-15/h2-12,14,19,23H,13H2,1H3/b7-2+. The highest BCUT2D eigenvalue weighted by Crippen LogP contribution is 2.34. The van der Waals surface area contributed by atoms with Crippen molar-refractivity contribution in [3.05, 3.63) is 83.4 Å². The van der Waals surface area contributed by atoms with Gasteiger partial charge in [-0.15, -0.1) is 5.06 Å². The van der Waals surface area contributed by atoms with E-state index >= 15 is 0 Å². The molecule has 2 aromatic carbocycles. The summed E-state index contributed by atoms with van der Waals surface area (Å²) in [5.74, 6) is 0.787. The van der Waals surface area contributed by atoms with Crippen LogP contribution in [0.15, 0.2) is 72.3 Å². The number of aromatic hydroxyl groups is 1. The van der Waals surface area contributed by atoms with Crippen LogP contribution in [0, 0.1) is 0 Å². The number of nitrogens with zero attached hydrogens (tertiary/aromatic N) is 1. The number of hydroxylamine groups is 2. The zero-order valence-corrected chi connectivity index (χ0v) is 13.4. The average Bonchev–Trinajstić information content (AvgIpc) is 2.93. The van der Waals surface area contributed by atoms with E-state index in [4.69, 9.17) is 4.84 Å². The zero-order valence-electron chi connectivity index (χ0n) is 13.4. The Kier molecular flexibility index (Phi) is 4.77. The molecule has 0 aromatic heterocycles. The molecule has 0 spiro atoms. The topological polar surface area (TPSA) is 49.8 Å². The van der Waals surface area contributed by atoms with Crippen LogP contribution in [-0.4, -0.2) is 22.5 Å². The van der Waals surface area contributed by atoms with Gasteiger partial charge in [-0.2, -0.15) is 0 Å². The number of carbonyl (C=O) groups is 1. The summed E-state index contributed by atoms with van der Waals surface area (Å²) >= 11 is 0. The normalized spacial score (nSPS) is 18.1. The van der Waals surface area contributed by atoms with Gasteiger partial charge in [0.25, 0.3) is 0 Å². The SMILES string of the molecule is C/C=C/C1C(C=O)=C(c2ccccc2)ON1Cc1cccc(O)c1. The minimum absolute atomic E-state index is 0.209. The highest BCUT2D eigenvalue weighted by atomic mass is 16.7. The van der Waals surface area contributed by atoms with Gasteiger partial charge in [-0.3, -0.25) is 4.79 Å². The van der Waals surface area contributed by atoms with E-state index < -0.39 is 0 Å². The minimum Gasteiger partial charge on any atom is -0.508 e. The van der Waals surface area contributed by atoms with Crippen molar-refractivity contribution in [2.24, 2.45) is 0 Å². The highest BCUT2D eigenvalue weighted by molar-refractivity contribution is 5.89. The predicted molar refractivity (Wildman–Crippen MR) is 92.8 cm³/mol. The lowest BCUT2D eigenvalue weighted by atomic mass is 10.0. The van der Waals surface area contributed by atoms with E-state index in [1.165, 1.54) is 0 Å². The van der Waals surface area contributed by atoms with Crippen LogP contribution in [0.5, 0.6) is 5.75 Å². The van der Waals surface area contributed by atoms with E-state index in [-0.39, 0.29) is 11.8 Å². The number of carbonyl (C=O) groups excluding carboxylic acids is 1. The van der Waals surface area contributed by atoms with Gasteiger partial charge in [0.05, 0.1) is 18.2 Å². The first-order chi connectivity index (χ1) is 11.7. The first-order valence-electron chi connectivity index (χ1n) is 7.83. The van der Waals surface area contributed by atoms with Crippen molar-refractivity contribution in [1.29, 1.82) is 0 Å². The lowest BCUT2D eigenvalue weighted by molar-refractivity contribution is -0.107. The first-order valence-corrected chi connectivity index (χ1v) is 7.83. The molecule has 0 saturated carbocycles. The van der Waals surface area contributed by atoms with Crippen LogP contribution < -0.4 is 0 Å². The van der Waals surface area contributed by atoms with Crippen molar-refractivity contribution >= 4 is 12.0 Å². The van der Waals surface area contributed by atoms with Crippen LogP contribution in [-0.2, 0) is 16.2 Å². The van der Waals surface area contributed by atoms with Crippen molar-refractivity contribution in [3.8, 4) is 5.75 Å². The Morgan fingerprint density at radius 1 is 1.17 bits per heavy atom. The summed E-state index contributed by atoms with van der Waals surface area (Å²) in [6, 6.07) is 16.4. The van der Waals surface area contributed by atoms with Gasteiger partial charge in [0.15, 0.2) is 12.0 Å². The molecule has 1 unspecified atom stereocenters. The van der Waals surface area contributed by atoms with Gasteiger partial charge >= 0.3 is 0 Å². The molecule has 0 bridgehead atoms. The van der Waals surface area contributed by atoms with Crippen LogP contribution in [0.4, 0.5) is 0 Å². The molecule has 4 nitrogen and oxygen atoms in total. The molecule has 0 saturated heterocycles. The van der Waals surface area contributed by atoms with E-state index in [9.17, 15) is 9.90 Å². The molecule has 0 fully saturated rings. The molecule has 4 heteroatoms. The molecule has 122 valence electrons. The van der Waals surface area contributed by atoms with Gasteiger partial charge in [-0.1, -0.05) is 54.6 Å². The van der Waals surface area contributed by atoms with Gasteiger partial charge in [0, 0.05) is 5.56 Å². The van der Waals surface area contributed by atoms with Crippen LogP contribution in [0.25, 0.3) is 5.76 Å². The maximum Gasteiger partial charge on any atom is 0.163 e. The third kappa shape index (κ3) is 3.24. The Labute approximate surface area is 141 Å². The van der Waals surface area contributed by atoms with Gasteiger partial charge in [0.2, 0.25) is 0 Å². The van der Waals surface area contributed by atoms with E-state index in [0.29, 0.717) is 17.9 Å². The van der Waals surface area contributed by atoms with Gasteiger partial charge in [-0.05, 0) is 24.6 Å². The number of benzene rings is 2. The molecule has 0 aliphatic carbocycles. The molecule has 1 aliphatic heterocycles. The van der Waals surface area contributed by atoms with Crippen molar-refractivity contribution < 1.29 is 14.7 Å². The number of allylic oxidation sites excluding steroid dienone is 1. The maximum absolute atomic E-state index is 11.7. The molecule has 0 radical (unpaired) electrons. The quantitative estimate of drug-likeness (QED) is 0.674. The molecule has 1 aliphatic rings. The number of hydrogen-bond donors (Lipinski definition) is 1. The number of phenols is 1. The summed E-state index contributed by atoms with van der Waals surface area (Å²) in [5.41, 5.74) is 2.37. The fourth-order valence-corrected chi connectivity index (χ4v) is 2.80. The monoisotopic (exact) mass is 321 g/mol. The highest BCUT2D eigenvalue weighted by Gasteiger charge is 2.33. The van der Waals surface area contributed by atoms with Crippen molar-refractivity contribution in [3.63, 3.8) is 0 Å². The van der Waals surface area contributed by atoms with Crippen LogP contribution in [0.3, 0.4) is 0 Å². The van der Waals surface area contributed by atoms with Crippen molar-refractivity contribution in [1.82, 2.24) is 5.06 Å². The number of aldehydes is 1. The molecule has 0 amide bonds. The third-order valence-corrected chi connectivity index (χ3v) is 3.89. The van der Waals surface area contributed by atoms with Crippen LogP contribution in [0.1, 0.15) is 18.1 Å². The Balaban J connectivity index is 1.93. The number of rotatable bonds is 5. The molecule has 1 atom stereocenters. The predicted octanol–water partition coefficient (Wildman–Crippen LogP) is 3.69. The summed E-state index contributed by atoms with van der Waals surface area (Å²) in [6.07, 6.45) is 4.69. The number of hydrogen-bond acceptors (Lipinski definition) is 4. The second-order valence-electron chi connectivity index (χ2n) is 5.58. The van der Waals surface area contributed by atoms with Crippen molar-refractivity contribution in [2.75, 3.05) is 0 Å². The van der Waals surface area contributed by atoms with Crippen LogP contribution >= 0.6 is 0 Å². The third-order valence-electron chi connectivity index (χ3n) is 3.89. The molecule has 3 rings (SSSR count). The summed E-state index contributed by atoms with van der Waals surface area (Å²) < 4.78 is 0. The summed E-state index contributed by atoms with van der Waals surface area (Å²) in [5, 5.41) is 11.4. The molecular weight excluding hydrogens is 302 g/mol. The Hall–Kier alpha value is -2.85. The van der Waals surface area contributed by atoms with E-state index in [2.05, 4.69) is 0 Å². The average molecular weight is 321 g/mol. The smallest absolute Gasteiger partial charge is 0.163 e. The van der Waals surface area contributed by atoms with Gasteiger partial charge in [-0.25, -0.2) is 0 Å². The van der Waals surface area contributed by atoms with Crippen molar-refractivity contribution in [2.45, 2.75) is 19.5 Å². The van der Waals surface area contributed by atoms with E-state index in [1.807, 2.05) is 55.5 Å². The molecular formula is C20H19NO3. The van der Waals surface area contributed by atoms with Gasteiger partial charge in [0.1, 0.15) is 5.75 Å². The summed E-state index contributed by atoms with van der Waals surface area (Å²) in [7, 11) is 0. The lowest BCUT2D eigenvalue weighted by Gasteiger charge is -2.21. The fourth-order valence-electron chi connectivity index (χ4n) is 2.80. The second-order valence-corrected chi connectivity index (χ2v) is 5.58. The molecule has 1 N–H and O–H groups in total. The lowest BCUT2D eigenvalue weighted by Crippen LogP contribution is -2.29. The molecule has 2 aromatic rings. The molecule has 24 heavy (non-hydrogen) atoms. The summed E-state index contributed by atoms with van der Waals surface area (Å²) in [4.78, 5) is 17.7. The van der Waals surface area contributed by atoms with Crippen LogP contribution in [0.2, 0.25) is 0 Å². The largest absolute Gasteiger partial charge is 0.508 e. The number of phenolic OH excluding ortho intramolecular Hbond substituents is 1. The fraction of sp³-hybridized carbons (Fsp3) is 0.150. The zero-order chi connectivity index (χ0) is 16.9. The Bertz CT molecular complexity index is 780. The summed E-state index contributed by atoms with van der Waals surface area (Å²) in [6.45, 7) is 2.37. The maximum atomic E-state index is 11.7.